The lowest BCUT2D eigenvalue weighted by Gasteiger charge is -2.14. The normalized spacial score (nSPS) is 11.4. The molecule has 0 atom stereocenters. The van der Waals surface area contributed by atoms with Crippen LogP contribution in [0.3, 0.4) is 0 Å². The lowest BCUT2D eigenvalue weighted by Crippen LogP contribution is -2.25. The number of para-hydroxylation sites is 2. The van der Waals surface area contributed by atoms with Crippen molar-refractivity contribution >= 4 is 17.7 Å². The smallest absolute Gasteiger partial charge is 0.416 e. The molecule has 11 heteroatoms. The zero-order chi connectivity index (χ0) is 25.7. The van der Waals surface area contributed by atoms with Crippen molar-refractivity contribution in [1.29, 1.82) is 0 Å². The van der Waals surface area contributed by atoms with E-state index in [1.165, 1.54) is 43.1 Å². The van der Waals surface area contributed by atoms with Gasteiger partial charge in [-0.1, -0.05) is 54.2 Å². The number of alkyl halides is 3. The average Bonchev–Trinajstić information content (AvgIpc) is 3.28. The van der Waals surface area contributed by atoms with Crippen molar-refractivity contribution < 1.29 is 27.1 Å². The summed E-state index contributed by atoms with van der Waals surface area (Å²) in [6.07, 6.45) is -4.44. The van der Waals surface area contributed by atoms with Gasteiger partial charge in [-0.25, -0.2) is 4.39 Å². The molecule has 0 unspecified atom stereocenters. The Morgan fingerprint density at radius 3 is 2.53 bits per heavy atom. The molecular weight excluding hydrogens is 496 g/mol. The Balaban J connectivity index is 1.62. The van der Waals surface area contributed by atoms with Crippen LogP contribution in [0.15, 0.2) is 78.0 Å². The Morgan fingerprint density at radius 2 is 1.78 bits per heavy atom. The number of rotatable bonds is 8. The molecule has 6 nitrogen and oxygen atoms in total. The molecule has 0 bridgehead atoms. The zero-order valence-electron chi connectivity index (χ0n) is 18.9. The summed E-state index contributed by atoms with van der Waals surface area (Å²) in [7, 11) is 1.50. The minimum Gasteiger partial charge on any atom is -0.495 e. The van der Waals surface area contributed by atoms with E-state index in [1.807, 2.05) is 0 Å². The van der Waals surface area contributed by atoms with Crippen LogP contribution < -0.4 is 10.1 Å². The van der Waals surface area contributed by atoms with Gasteiger partial charge in [0.05, 0.1) is 30.5 Å². The van der Waals surface area contributed by atoms with E-state index in [4.69, 9.17) is 4.74 Å². The number of amides is 1. The number of carbonyl (C=O) groups excluding carboxylic acids is 1. The van der Waals surface area contributed by atoms with Crippen LogP contribution in [0, 0.1) is 5.82 Å². The summed E-state index contributed by atoms with van der Waals surface area (Å²) in [5.41, 5.74) is 0.189. The number of hydrogen-bond donors (Lipinski definition) is 1. The number of nitrogens with zero attached hydrogens (tertiary/aromatic N) is 3. The Hall–Kier alpha value is -3.86. The van der Waals surface area contributed by atoms with E-state index in [2.05, 4.69) is 15.5 Å². The van der Waals surface area contributed by atoms with Crippen LogP contribution in [0.25, 0.3) is 5.69 Å². The van der Waals surface area contributed by atoms with E-state index in [1.54, 1.807) is 41.0 Å². The molecular formula is C25H20F4N4O2S. The van der Waals surface area contributed by atoms with Gasteiger partial charge in [0.25, 0.3) is 5.91 Å². The van der Waals surface area contributed by atoms with Crippen molar-refractivity contribution in [2.45, 2.75) is 23.6 Å². The van der Waals surface area contributed by atoms with E-state index in [0.717, 1.165) is 12.1 Å². The van der Waals surface area contributed by atoms with Crippen molar-refractivity contribution in [3.05, 3.63) is 101 Å². The molecule has 0 spiro atoms. The van der Waals surface area contributed by atoms with Gasteiger partial charge in [-0.05, 0) is 35.9 Å². The Kier molecular flexibility index (Phi) is 7.58. The maximum absolute atomic E-state index is 14.0. The average molecular weight is 517 g/mol. The molecule has 1 aromatic heterocycles. The standard InChI is InChI=1S/C25H20F4N4O2S/c1-35-21-12-5-4-11-20(21)33-22(14-30-23(34)18-9-2-3-10-19(18)26)31-32-24(33)36-15-16-7-6-8-17(13-16)25(27,28)29/h2-13H,14-15H2,1H3,(H,30,34). The molecule has 0 aliphatic rings. The van der Waals surface area contributed by atoms with Crippen molar-refractivity contribution in [3.63, 3.8) is 0 Å². The molecule has 0 aliphatic carbocycles. The van der Waals surface area contributed by atoms with E-state index in [0.29, 0.717) is 28.0 Å². The second-order valence-electron chi connectivity index (χ2n) is 7.56. The second kappa shape index (κ2) is 10.8. The summed E-state index contributed by atoms with van der Waals surface area (Å²) in [6.45, 7) is -0.0810. The fraction of sp³-hybridized carbons (Fsp3) is 0.160. The lowest BCUT2D eigenvalue weighted by molar-refractivity contribution is -0.137. The minimum absolute atomic E-state index is 0.0810. The summed E-state index contributed by atoms with van der Waals surface area (Å²) >= 11 is 1.18. The van der Waals surface area contributed by atoms with Crippen molar-refractivity contribution in [1.82, 2.24) is 20.1 Å². The maximum atomic E-state index is 14.0. The highest BCUT2D eigenvalue weighted by Crippen LogP contribution is 2.33. The second-order valence-corrected chi connectivity index (χ2v) is 8.50. The third-order valence-corrected chi connectivity index (χ3v) is 6.17. The highest BCUT2D eigenvalue weighted by atomic mass is 32.2. The monoisotopic (exact) mass is 516 g/mol. The lowest BCUT2D eigenvalue weighted by atomic mass is 10.1. The van der Waals surface area contributed by atoms with Crippen LogP contribution in [-0.4, -0.2) is 27.8 Å². The van der Waals surface area contributed by atoms with Crippen LogP contribution in [0.4, 0.5) is 17.6 Å². The van der Waals surface area contributed by atoms with Gasteiger partial charge in [0, 0.05) is 5.75 Å². The van der Waals surface area contributed by atoms with E-state index in [-0.39, 0.29) is 17.9 Å². The molecule has 1 heterocycles. The largest absolute Gasteiger partial charge is 0.495 e. The van der Waals surface area contributed by atoms with E-state index in [9.17, 15) is 22.4 Å². The topological polar surface area (TPSA) is 69.0 Å². The third-order valence-electron chi connectivity index (χ3n) is 5.17. The highest BCUT2D eigenvalue weighted by molar-refractivity contribution is 7.98. The van der Waals surface area contributed by atoms with Gasteiger partial charge >= 0.3 is 6.18 Å². The van der Waals surface area contributed by atoms with E-state index >= 15 is 0 Å². The first-order valence-corrected chi connectivity index (χ1v) is 11.7. The van der Waals surface area contributed by atoms with Crippen molar-refractivity contribution in [2.24, 2.45) is 0 Å². The number of ether oxygens (including phenoxy) is 1. The van der Waals surface area contributed by atoms with Crippen LogP contribution >= 0.6 is 11.8 Å². The predicted octanol–water partition coefficient (Wildman–Crippen LogP) is 5.66. The number of carbonyl (C=O) groups is 1. The van der Waals surface area contributed by atoms with Crippen molar-refractivity contribution in [2.75, 3.05) is 7.11 Å². The SMILES string of the molecule is COc1ccccc1-n1c(CNC(=O)c2ccccc2F)nnc1SCc1cccc(C(F)(F)F)c1. The number of halogens is 4. The summed E-state index contributed by atoms with van der Waals surface area (Å²) < 4.78 is 60.4. The fourth-order valence-corrected chi connectivity index (χ4v) is 4.36. The summed E-state index contributed by atoms with van der Waals surface area (Å²) in [5.74, 6) is -0.256. The Bertz CT molecular complexity index is 1370. The fourth-order valence-electron chi connectivity index (χ4n) is 3.45. The predicted molar refractivity (Wildman–Crippen MR) is 126 cm³/mol. The molecule has 0 fully saturated rings. The van der Waals surface area contributed by atoms with Gasteiger partial charge in [-0.15, -0.1) is 10.2 Å². The van der Waals surface area contributed by atoms with Gasteiger partial charge in [-0.3, -0.25) is 9.36 Å². The molecule has 1 amide bonds. The molecule has 0 aliphatic heterocycles. The Labute approximate surface area is 208 Å². The Morgan fingerprint density at radius 1 is 1.03 bits per heavy atom. The summed E-state index contributed by atoms with van der Waals surface area (Å²) in [6, 6.07) is 17.7. The van der Waals surface area contributed by atoms with Gasteiger partial charge in [-0.2, -0.15) is 13.2 Å². The van der Waals surface area contributed by atoms with Gasteiger partial charge < -0.3 is 10.1 Å². The number of nitrogens with one attached hydrogen (secondary N) is 1. The summed E-state index contributed by atoms with van der Waals surface area (Å²) in [5, 5.41) is 11.4. The first-order valence-electron chi connectivity index (χ1n) is 10.7. The summed E-state index contributed by atoms with van der Waals surface area (Å²) in [4.78, 5) is 12.5. The molecule has 3 aromatic carbocycles. The van der Waals surface area contributed by atoms with Crippen LogP contribution in [0.2, 0.25) is 0 Å². The van der Waals surface area contributed by atoms with Crippen LogP contribution in [-0.2, 0) is 18.5 Å². The first-order chi connectivity index (χ1) is 17.3. The number of methoxy groups -OCH3 is 1. The molecule has 186 valence electrons. The maximum Gasteiger partial charge on any atom is 0.416 e. The van der Waals surface area contributed by atoms with E-state index < -0.39 is 23.5 Å². The molecule has 36 heavy (non-hydrogen) atoms. The zero-order valence-corrected chi connectivity index (χ0v) is 19.7. The number of benzene rings is 3. The van der Waals surface area contributed by atoms with Gasteiger partial charge in [0.1, 0.15) is 11.6 Å². The van der Waals surface area contributed by atoms with Crippen LogP contribution in [0.1, 0.15) is 27.3 Å². The number of aromatic nitrogens is 3. The van der Waals surface area contributed by atoms with Crippen molar-refractivity contribution in [3.8, 4) is 11.4 Å². The molecule has 4 aromatic rings. The molecule has 0 radical (unpaired) electrons. The van der Waals surface area contributed by atoms with Crippen LogP contribution in [0.5, 0.6) is 5.75 Å². The molecule has 0 saturated carbocycles. The van der Waals surface area contributed by atoms with Gasteiger partial charge in [0.2, 0.25) is 0 Å². The molecule has 0 saturated heterocycles. The minimum atomic E-state index is -4.44. The molecule has 1 N–H and O–H groups in total. The highest BCUT2D eigenvalue weighted by Gasteiger charge is 2.30. The quantitative estimate of drug-likeness (QED) is 0.242. The number of hydrogen-bond acceptors (Lipinski definition) is 5. The van der Waals surface area contributed by atoms with Gasteiger partial charge in [0.15, 0.2) is 11.0 Å². The third kappa shape index (κ3) is 5.68. The number of thioether (sulfide) groups is 1. The first kappa shape index (κ1) is 25.2. The molecule has 4 rings (SSSR count).